The van der Waals surface area contributed by atoms with Crippen molar-refractivity contribution < 1.29 is 0 Å². The Morgan fingerprint density at radius 3 is 2.35 bits per heavy atom. The summed E-state index contributed by atoms with van der Waals surface area (Å²) in [7, 11) is 0. The number of allylic oxidation sites excluding steroid dienone is 6. The fraction of sp³-hybridized carbons (Fsp3) is 0.231. The Kier molecular flexibility index (Phi) is 9.13. The van der Waals surface area contributed by atoms with Crippen LogP contribution in [0.25, 0.3) is 0 Å². The van der Waals surface area contributed by atoms with E-state index in [4.69, 9.17) is 22.3 Å². The van der Waals surface area contributed by atoms with Crippen LogP contribution in [0.3, 0.4) is 0 Å². The number of nitrogens with one attached hydrogen (secondary N) is 2. The first-order valence-electron chi connectivity index (χ1n) is 5.44. The number of hydrogen-bond acceptors (Lipinski definition) is 4. The molecule has 0 bridgehead atoms. The van der Waals surface area contributed by atoms with Gasteiger partial charge in [0.2, 0.25) is 0 Å². The lowest BCUT2D eigenvalue weighted by Gasteiger charge is -2.10. The molecule has 0 heterocycles. The van der Waals surface area contributed by atoms with Crippen molar-refractivity contribution in [3.63, 3.8) is 0 Å². The van der Waals surface area contributed by atoms with Crippen molar-refractivity contribution in [2.24, 2.45) is 11.5 Å². The van der Waals surface area contributed by atoms with Crippen molar-refractivity contribution in [2.75, 3.05) is 0 Å². The molecule has 0 aromatic heterocycles. The zero-order valence-electron chi connectivity index (χ0n) is 9.89. The fourth-order valence-electron chi connectivity index (χ4n) is 1.31. The molecule has 0 saturated heterocycles. The lowest BCUT2D eigenvalue weighted by molar-refractivity contribution is 0.804. The van der Waals surface area contributed by atoms with Crippen LogP contribution >= 0.6 is 0 Å². The van der Waals surface area contributed by atoms with E-state index in [0.717, 1.165) is 30.4 Å². The highest BCUT2D eigenvalue weighted by atomic mass is 14.5. The lowest BCUT2D eigenvalue weighted by atomic mass is 9.97. The molecule has 1 aliphatic rings. The predicted octanol–water partition coefficient (Wildman–Crippen LogP) is 2.25. The molecule has 1 aliphatic carbocycles. The third-order valence-electron chi connectivity index (χ3n) is 2.13. The van der Waals surface area contributed by atoms with Gasteiger partial charge in [-0.2, -0.15) is 0 Å². The summed E-state index contributed by atoms with van der Waals surface area (Å²) >= 11 is 0. The molecule has 0 amide bonds. The molecule has 0 aromatic rings. The van der Waals surface area contributed by atoms with E-state index in [1.165, 1.54) is 18.6 Å². The van der Waals surface area contributed by atoms with E-state index in [2.05, 4.69) is 0 Å². The molecule has 17 heavy (non-hydrogen) atoms. The van der Waals surface area contributed by atoms with Crippen LogP contribution in [-0.2, 0) is 0 Å². The van der Waals surface area contributed by atoms with Gasteiger partial charge in [-0.15, -0.1) is 0 Å². The standard InChI is InChI=1S/C8H12N2.C5H8N2/c9-5-7-2-1-3-8(4-7)6-10;6-4-2-1-3-5-7/h4-6,9H,1-3,10H2;1-6H,7H2/b;2-1+,5-3+,6-4?. The summed E-state index contributed by atoms with van der Waals surface area (Å²) in [6.07, 6.45) is 15.8. The molecule has 0 saturated carbocycles. The second-order valence-electron chi connectivity index (χ2n) is 3.40. The Morgan fingerprint density at radius 2 is 1.82 bits per heavy atom. The van der Waals surface area contributed by atoms with Gasteiger partial charge in [0, 0.05) is 12.4 Å². The molecule has 0 aliphatic heterocycles. The quantitative estimate of drug-likeness (QED) is 0.443. The highest BCUT2D eigenvalue weighted by Gasteiger charge is 2.03. The van der Waals surface area contributed by atoms with Gasteiger partial charge in [-0.25, -0.2) is 0 Å². The number of nitrogens with two attached hydrogens (primary N) is 2. The first kappa shape index (κ1) is 14.9. The van der Waals surface area contributed by atoms with E-state index < -0.39 is 0 Å². The average molecular weight is 232 g/mol. The van der Waals surface area contributed by atoms with Crippen LogP contribution in [0.15, 0.2) is 47.9 Å². The van der Waals surface area contributed by atoms with Crippen LogP contribution in [0, 0.1) is 10.8 Å². The number of hydrogen-bond donors (Lipinski definition) is 4. The van der Waals surface area contributed by atoms with Crippen molar-refractivity contribution in [2.45, 2.75) is 19.3 Å². The predicted molar refractivity (Wildman–Crippen MR) is 74.2 cm³/mol. The Hall–Kier alpha value is -2.10. The third kappa shape index (κ3) is 7.79. The van der Waals surface area contributed by atoms with Gasteiger partial charge in [-0.1, -0.05) is 12.2 Å². The normalized spacial score (nSPS) is 17.6. The largest absolute Gasteiger partial charge is 0.405 e. The van der Waals surface area contributed by atoms with E-state index in [9.17, 15) is 0 Å². The summed E-state index contributed by atoms with van der Waals surface area (Å²) < 4.78 is 0. The van der Waals surface area contributed by atoms with E-state index in [1.807, 2.05) is 6.08 Å². The molecule has 1 rings (SSSR count). The molecule has 0 spiro atoms. The molecule has 4 heteroatoms. The Labute approximate surface area is 102 Å². The minimum Gasteiger partial charge on any atom is -0.405 e. The van der Waals surface area contributed by atoms with Crippen LogP contribution < -0.4 is 11.5 Å². The zero-order chi connectivity index (χ0) is 12.9. The first-order chi connectivity index (χ1) is 8.28. The van der Waals surface area contributed by atoms with Gasteiger partial charge >= 0.3 is 0 Å². The van der Waals surface area contributed by atoms with Crippen LogP contribution in [0.1, 0.15) is 19.3 Å². The molecular formula is C13H20N4. The smallest absolute Gasteiger partial charge is 0.0209 e. The number of rotatable bonds is 3. The van der Waals surface area contributed by atoms with E-state index in [1.54, 1.807) is 24.4 Å². The maximum Gasteiger partial charge on any atom is 0.0209 e. The molecule has 0 unspecified atom stereocenters. The molecule has 6 N–H and O–H groups in total. The average Bonchev–Trinajstić information content (AvgIpc) is 2.40. The summed E-state index contributed by atoms with van der Waals surface area (Å²) in [6.45, 7) is 0. The van der Waals surface area contributed by atoms with Gasteiger partial charge in [0.15, 0.2) is 0 Å². The van der Waals surface area contributed by atoms with Gasteiger partial charge in [0.1, 0.15) is 0 Å². The van der Waals surface area contributed by atoms with Crippen molar-refractivity contribution in [1.82, 2.24) is 0 Å². The SMILES string of the molecule is N=C/C=C/C=C/N.N=CC1=CC(=CN)CCC1. The van der Waals surface area contributed by atoms with Crippen LogP contribution in [0.5, 0.6) is 0 Å². The maximum absolute atomic E-state index is 7.00. The summed E-state index contributed by atoms with van der Waals surface area (Å²) in [6, 6.07) is 0. The third-order valence-corrected chi connectivity index (χ3v) is 2.13. The first-order valence-corrected chi connectivity index (χ1v) is 5.44. The molecule has 92 valence electrons. The molecular weight excluding hydrogens is 212 g/mol. The summed E-state index contributed by atoms with van der Waals surface area (Å²) in [5.74, 6) is 0. The topological polar surface area (TPSA) is 99.7 Å². The maximum atomic E-state index is 7.00. The van der Waals surface area contributed by atoms with E-state index in [0.29, 0.717) is 0 Å². The van der Waals surface area contributed by atoms with E-state index >= 15 is 0 Å². The van der Waals surface area contributed by atoms with Gasteiger partial charge in [0.25, 0.3) is 0 Å². The lowest BCUT2D eigenvalue weighted by Crippen LogP contribution is -1.97. The van der Waals surface area contributed by atoms with Crippen molar-refractivity contribution in [3.05, 3.63) is 47.9 Å². The minimum atomic E-state index is 1.03. The van der Waals surface area contributed by atoms with Gasteiger partial charge < -0.3 is 22.3 Å². The molecule has 0 atom stereocenters. The van der Waals surface area contributed by atoms with Crippen molar-refractivity contribution in [1.29, 1.82) is 10.8 Å². The van der Waals surface area contributed by atoms with Gasteiger partial charge in [-0.05, 0) is 55.0 Å². The molecule has 0 radical (unpaired) electrons. The monoisotopic (exact) mass is 232 g/mol. The van der Waals surface area contributed by atoms with Gasteiger partial charge in [-0.3, -0.25) is 0 Å². The summed E-state index contributed by atoms with van der Waals surface area (Å²) in [4.78, 5) is 0. The van der Waals surface area contributed by atoms with E-state index in [-0.39, 0.29) is 0 Å². The zero-order valence-corrected chi connectivity index (χ0v) is 9.89. The second kappa shape index (κ2) is 10.4. The summed E-state index contributed by atoms with van der Waals surface area (Å²) in [5, 5.41) is 13.5. The van der Waals surface area contributed by atoms with Crippen LogP contribution in [0.4, 0.5) is 0 Å². The summed E-state index contributed by atoms with van der Waals surface area (Å²) in [5.41, 5.74) is 12.5. The Morgan fingerprint density at radius 1 is 1.06 bits per heavy atom. The Bertz CT molecular complexity index is 348. The molecule has 0 aromatic carbocycles. The highest BCUT2D eigenvalue weighted by Crippen LogP contribution is 2.19. The van der Waals surface area contributed by atoms with Crippen LogP contribution in [-0.4, -0.2) is 12.4 Å². The Balaban J connectivity index is 0.000000325. The van der Waals surface area contributed by atoms with Gasteiger partial charge in [0.05, 0.1) is 0 Å². The minimum absolute atomic E-state index is 1.03. The van der Waals surface area contributed by atoms with Crippen LogP contribution in [0.2, 0.25) is 0 Å². The van der Waals surface area contributed by atoms with Crippen molar-refractivity contribution >= 4 is 12.4 Å². The fourth-order valence-corrected chi connectivity index (χ4v) is 1.31. The van der Waals surface area contributed by atoms with Crippen molar-refractivity contribution in [3.8, 4) is 0 Å². The molecule has 0 fully saturated rings. The molecule has 4 nitrogen and oxygen atoms in total. The second-order valence-corrected chi connectivity index (χ2v) is 3.40. The highest BCUT2D eigenvalue weighted by molar-refractivity contribution is 5.77.